The van der Waals surface area contributed by atoms with Gasteiger partial charge in [-0.15, -0.1) is 0 Å². The summed E-state index contributed by atoms with van der Waals surface area (Å²) in [4.78, 5) is 4.26. The lowest BCUT2D eigenvalue weighted by atomic mass is 10.1. The van der Waals surface area contributed by atoms with Crippen LogP contribution in [0.1, 0.15) is 49.9 Å². The highest BCUT2D eigenvalue weighted by molar-refractivity contribution is 6.11. The van der Waals surface area contributed by atoms with Crippen molar-refractivity contribution in [2.24, 2.45) is 14.1 Å². The van der Waals surface area contributed by atoms with Crippen molar-refractivity contribution in [3.05, 3.63) is 138 Å². The molecule has 0 radical (unpaired) electrons. The quantitative estimate of drug-likeness (QED) is 0.176. The molecule has 2 heterocycles. The smallest absolute Gasteiger partial charge is 0.345 e. The number of hydrogen-bond donors (Lipinski definition) is 0. The molecule has 0 aliphatic carbocycles. The van der Waals surface area contributed by atoms with E-state index >= 15 is 0 Å². The van der Waals surface area contributed by atoms with Crippen LogP contribution in [0.15, 0.2) is 115 Å². The number of rotatable bonds is 5. The summed E-state index contributed by atoms with van der Waals surface area (Å²) < 4.78 is 44.0. The van der Waals surface area contributed by atoms with Gasteiger partial charge in [0.1, 0.15) is 0 Å². The number of aryl methyl sites for hydroxylation is 5. The number of anilines is 5. The van der Waals surface area contributed by atoms with E-state index in [1.807, 2.05) is 45.7 Å². The molecule has 0 amide bonds. The molecule has 0 unspecified atom stereocenters. The molecule has 6 aromatic carbocycles. The fourth-order valence-corrected chi connectivity index (χ4v) is 7.48. The van der Waals surface area contributed by atoms with E-state index in [0.717, 1.165) is 56.7 Å². The van der Waals surface area contributed by atoms with E-state index in [1.54, 1.807) is 0 Å². The van der Waals surface area contributed by atoms with Crippen LogP contribution in [0.5, 0.6) is 0 Å². The van der Waals surface area contributed by atoms with Gasteiger partial charge in [0.15, 0.2) is 0 Å². The summed E-state index contributed by atoms with van der Waals surface area (Å²) >= 11 is 0. The summed E-state index contributed by atoms with van der Waals surface area (Å²) in [6, 6.07) is 38.1. The van der Waals surface area contributed by atoms with Crippen LogP contribution in [-0.4, -0.2) is 16.2 Å². The Bertz CT molecular complexity index is 2610. The minimum atomic E-state index is -4.37. The van der Waals surface area contributed by atoms with Gasteiger partial charge in [0, 0.05) is 76.6 Å². The molecule has 0 fully saturated rings. The zero-order valence-electron chi connectivity index (χ0n) is 32.9. The molecule has 8 aromatic rings. The minimum Gasteiger partial charge on any atom is -0.345 e. The molecular formula is C47H49F3N4. The SMILES string of the molecule is CC.CC.Cc1ccc(N(c2ccc3c4ccc(C)cc4n(C)c3c2)c2ccc3c4ccc(N(C)c5ccc(C(F)(F)F)cc5)cc4n(C)c3c2)c(C)c1. The predicted octanol–water partition coefficient (Wildman–Crippen LogP) is 14.2. The van der Waals surface area contributed by atoms with Crippen LogP contribution >= 0.6 is 0 Å². The maximum absolute atomic E-state index is 13.2. The normalized spacial score (nSPS) is 11.4. The van der Waals surface area contributed by atoms with Crippen LogP contribution < -0.4 is 9.80 Å². The number of aromatic nitrogens is 2. The number of halogens is 3. The fourth-order valence-electron chi connectivity index (χ4n) is 7.48. The first-order valence-electron chi connectivity index (χ1n) is 18.7. The molecule has 0 atom stereocenters. The Kier molecular flexibility index (Phi) is 10.6. The van der Waals surface area contributed by atoms with Crippen LogP contribution in [0.2, 0.25) is 0 Å². The van der Waals surface area contributed by atoms with Gasteiger partial charge in [-0.3, -0.25) is 0 Å². The molecule has 0 saturated carbocycles. The molecule has 8 rings (SSSR count). The summed E-state index contributed by atoms with van der Waals surface area (Å²) in [6.45, 7) is 14.4. The first-order valence-corrected chi connectivity index (χ1v) is 18.7. The molecule has 2 aromatic heterocycles. The van der Waals surface area contributed by atoms with Gasteiger partial charge in [-0.2, -0.15) is 13.2 Å². The van der Waals surface area contributed by atoms with Gasteiger partial charge in [-0.25, -0.2) is 0 Å². The maximum atomic E-state index is 13.2. The average molecular weight is 727 g/mol. The largest absolute Gasteiger partial charge is 0.416 e. The Balaban J connectivity index is 0.00000120. The third-order valence-corrected chi connectivity index (χ3v) is 10.2. The predicted molar refractivity (Wildman–Crippen MR) is 226 cm³/mol. The Morgan fingerprint density at radius 1 is 0.463 bits per heavy atom. The van der Waals surface area contributed by atoms with E-state index in [1.165, 1.54) is 50.6 Å². The second-order valence-electron chi connectivity index (χ2n) is 13.5. The van der Waals surface area contributed by atoms with Crippen molar-refractivity contribution in [1.82, 2.24) is 9.13 Å². The van der Waals surface area contributed by atoms with Gasteiger partial charge in [0.25, 0.3) is 0 Å². The Hall–Kier alpha value is -5.69. The molecule has 278 valence electrons. The number of benzene rings is 6. The average Bonchev–Trinajstić information content (AvgIpc) is 3.62. The standard InChI is InChI=1S/C43H37F3N4.2C2H6/c1-26-8-20-38(28(3)21-26)50(32-14-18-36-34-16-7-27(2)22-39(34)48(5)41(36)24-32)33-15-19-37-35-17-13-31(23-40(35)49(6)42(37)25-33)47(4)30-11-9-29(10-12-30)43(44,45)46;2*1-2/h7-25H,1-6H3;2*1-2H3. The Morgan fingerprint density at radius 2 is 0.852 bits per heavy atom. The van der Waals surface area contributed by atoms with Crippen LogP contribution in [0, 0.1) is 20.8 Å². The highest BCUT2D eigenvalue weighted by atomic mass is 19.4. The van der Waals surface area contributed by atoms with Crippen LogP contribution in [0.3, 0.4) is 0 Å². The van der Waals surface area contributed by atoms with E-state index < -0.39 is 11.7 Å². The first-order chi connectivity index (χ1) is 25.9. The summed E-state index contributed by atoms with van der Waals surface area (Å²) in [5.74, 6) is 0. The summed E-state index contributed by atoms with van der Waals surface area (Å²) in [6.07, 6.45) is -4.37. The molecule has 0 saturated heterocycles. The lowest BCUT2D eigenvalue weighted by Crippen LogP contribution is -2.11. The number of alkyl halides is 3. The topological polar surface area (TPSA) is 16.3 Å². The van der Waals surface area contributed by atoms with Gasteiger partial charge in [-0.1, -0.05) is 75.7 Å². The third-order valence-electron chi connectivity index (χ3n) is 10.2. The number of nitrogens with zero attached hydrogens (tertiary/aromatic N) is 4. The number of fused-ring (bicyclic) bond motifs is 6. The van der Waals surface area contributed by atoms with Gasteiger partial charge in [0.05, 0.1) is 22.1 Å². The van der Waals surface area contributed by atoms with Crippen molar-refractivity contribution in [2.75, 3.05) is 16.8 Å². The van der Waals surface area contributed by atoms with Crippen LogP contribution in [0.4, 0.5) is 41.6 Å². The Labute approximate surface area is 316 Å². The van der Waals surface area contributed by atoms with Crippen molar-refractivity contribution in [3.8, 4) is 0 Å². The molecule has 0 spiro atoms. The maximum Gasteiger partial charge on any atom is 0.416 e. The van der Waals surface area contributed by atoms with Crippen LogP contribution in [0.25, 0.3) is 43.6 Å². The lowest BCUT2D eigenvalue weighted by Gasteiger charge is -2.27. The van der Waals surface area contributed by atoms with Crippen molar-refractivity contribution < 1.29 is 13.2 Å². The second-order valence-corrected chi connectivity index (χ2v) is 13.5. The van der Waals surface area contributed by atoms with E-state index in [2.05, 4.69) is 134 Å². The van der Waals surface area contributed by atoms with Gasteiger partial charge in [0.2, 0.25) is 0 Å². The summed E-state index contributed by atoms with van der Waals surface area (Å²) in [5, 5.41) is 4.73. The van der Waals surface area contributed by atoms with Crippen molar-refractivity contribution in [2.45, 2.75) is 54.6 Å². The highest BCUT2D eigenvalue weighted by Crippen LogP contribution is 2.42. The zero-order valence-corrected chi connectivity index (χ0v) is 32.9. The Morgan fingerprint density at radius 3 is 1.33 bits per heavy atom. The van der Waals surface area contributed by atoms with Gasteiger partial charge in [-0.05, 0) is 105 Å². The van der Waals surface area contributed by atoms with Crippen LogP contribution in [-0.2, 0) is 20.3 Å². The summed E-state index contributed by atoms with van der Waals surface area (Å²) in [5.41, 5.74) is 12.3. The van der Waals surface area contributed by atoms with Gasteiger partial charge >= 0.3 is 6.18 Å². The molecule has 0 N–H and O–H groups in total. The molecule has 0 bridgehead atoms. The van der Waals surface area contributed by atoms with E-state index in [0.29, 0.717) is 5.69 Å². The minimum absolute atomic E-state index is 0.656. The molecule has 0 aliphatic rings. The second kappa shape index (κ2) is 15.0. The molecule has 54 heavy (non-hydrogen) atoms. The van der Waals surface area contributed by atoms with Gasteiger partial charge < -0.3 is 18.9 Å². The summed E-state index contributed by atoms with van der Waals surface area (Å²) in [7, 11) is 6.08. The van der Waals surface area contributed by atoms with E-state index in [4.69, 9.17) is 0 Å². The highest BCUT2D eigenvalue weighted by Gasteiger charge is 2.30. The third kappa shape index (κ3) is 6.68. The van der Waals surface area contributed by atoms with Crippen molar-refractivity contribution >= 4 is 72.0 Å². The van der Waals surface area contributed by atoms with Crippen molar-refractivity contribution in [3.63, 3.8) is 0 Å². The number of hydrogen-bond acceptors (Lipinski definition) is 2. The monoisotopic (exact) mass is 726 g/mol. The van der Waals surface area contributed by atoms with E-state index in [-0.39, 0.29) is 0 Å². The fraction of sp³-hybridized carbons (Fsp3) is 0.234. The molecule has 4 nitrogen and oxygen atoms in total. The lowest BCUT2D eigenvalue weighted by molar-refractivity contribution is -0.137. The molecular weight excluding hydrogens is 678 g/mol. The van der Waals surface area contributed by atoms with E-state index in [9.17, 15) is 13.2 Å². The molecule has 7 heteroatoms. The zero-order chi connectivity index (χ0) is 39.1. The van der Waals surface area contributed by atoms with Crippen molar-refractivity contribution in [1.29, 1.82) is 0 Å². The molecule has 0 aliphatic heterocycles. The first kappa shape index (κ1) is 38.0.